The van der Waals surface area contributed by atoms with Crippen LogP contribution in [0.4, 0.5) is 0 Å². The Hall–Kier alpha value is -1.20. The third kappa shape index (κ3) is 4.95. The topological polar surface area (TPSA) is 86.3 Å². The fourth-order valence-electron chi connectivity index (χ4n) is 0.491. The van der Waals surface area contributed by atoms with Crippen LogP contribution in [0.5, 0.6) is 0 Å². The minimum atomic E-state index is -0.584. The molecule has 6 heteroatoms. The summed E-state index contributed by atoms with van der Waals surface area (Å²) in [7, 11) is 0. The van der Waals surface area contributed by atoms with Crippen LogP contribution < -0.4 is 0 Å². The van der Waals surface area contributed by atoms with Crippen molar-refractivity contribution >= 4 is 0 Å². The maximum atomic E-state index is 9.75. The van der Waals surface area contributed by atoms with E-state index in [-0.39, 0.29) is 5.92 Å². The lowest BCUT2D eigenvalue weighted by Crippen LogP contribution is -2.17. The second-order valence-electron chi connectivity index (χ2n) is 1.94. The van der Waals surface area contributed by atoms with Crippen LogP contribution >= 0.6 is 0 Å². The van der Waals surface area contributed by atoms with Crippen LogP contribution in [0.25, 0.3) is 0 Å². The number of rotatable bonds is 4. The molecule has 0 heterocycles. The van der Waals surface area contributed by atoms with Crippen LogP contribution in [0, 0.1) is 26.1 Å². The molecule has 57 valence electrons. The van der Waals surface area contributed by atoms with Gasteiger partial charge in [0.15, 0.2) is 0 Å². The molecule has 6 nitrogen and oxygen atoms in total. The molecule has 10 heavy (non-hydrogen) atoms. The van der Waals surface area contributed by atoms with E-state index in [1.165, 1.54) is 6.92 Å². The van der Waals surface area contributed by atoms with Gasteiger partial charge >= 0.3 is 0 Å². The zero-order chi connectivity index (χ0) is 8.15. The van der Waals surface area contributed by atoms with Crippen molar-refractivity contribution in [1.82, 2.24) is 0 Å². The van der Waals surface area contributed by atoms with Gasteiger partial charge in [0, 0.05) is 9.85 Å². The normalized spacial score (nSPS) is 9.80. The average molecular weight is 147 g/mol. The second kappa shape index (κ2) is 3.76. The summed E-state index contributed by atoms with van der Waals surface area (Å²) in [6.45, 7) is 0.563. The standard InChI is InChI=1S/C4H7N2O4/c1-4(2-5(7)8)3-6(9)10/h2-3H2,1H3. The first-order chi connectivity index (χ1) is 4.52. The summed E-state index contributed by atoms with van der Waals surface area (Å²) in [4.78, 5) is 18.3. The maximum Gasteiger partial charge on any atom is 0.216 e. The Bertz CT molecular complexity index is 130. The summed E-state index contributed by atoms with van der Waals surface area (Å²) >= 11 is 0. The quantitative estimate of drug-likeness (QED) is 0.417. The monoisotopic (exact) mass is 147 g/mol. The number of nitro groups is 2. The number of hydrogen-bond donors (Lipinski definition) is 0. The molecule has 0 aliphatic heterocycles. The highest BCUT2D eigenvalue weighted by atomic mass is 16.6. The van der Waals surface area contributed by atoms with Gasteiger partial charge in [-0.15, -0.1) is 0 Å². The second-order valence-corrected chi connectivity index (χ2v) is 1.94. The highest BCUT2D eigenvalue weighted by molar-refractivity contribution is 4.81. The Labute approximate surface area is 57.1 Å². The lowest BCUT2D eigenvalue weighted by Gasteiger charge is -1.97. The molecule has 0 N–H and O–H groups in total. The summed E-state index contributed by atoms with van der Waals surface area (Å²) in [5, 5.41) is 19.5. The number of hydrogen-bond acceptors (Lipinski definition) is 4. The molecule has 0 saturated carbocycles. The molecular formula is C4H7N2O4. The summed E-state index contributed by atoms with van der Waals surface area (Å²) in [6.07, 6.45) is 0. The molecule has 0 bridgehead atoms. The summed E-state index contributed by atoms with van der Waals surface area (Å²) in [5.41, 5.74) is 0. The van der Waals surface area contributed by atoms with Crippen molar-refractivity contribution in [2.45, 2.75) is 6.92 Å². The van der Waals surface area contributed by atoms with Crippen LogP contribution in [0.1, 0.15) is 6.92 Å². The summed E-state index contributed by atoms with van der Waals surface area (Å²) < 4.78 is 0. The molecule has 0 aromatic rings. The van der Waals surface area contributed by atoms with Crippen molar-refractivity contribution in [2.75, 3.05) is 13.1 Å². The predicted octanol–water partition coefficient (Wildman–Crippen LogP) is 0.134. The van der Waals surface area contributed by atoms with E-state index in [9.17, 15) is 20.2 Å². The molecule has 0 atom stereocenters. The van der Waals surface area contributed by atoms with Crippen LogP contribution in [-0.4, -0.2) is 22.9 Å². The Morgan fingerprint density at radius 2 is 1.50 bits per heavy atom. The zero-order valence-electron chi connectivity index (χ0n) is 5.44. The Balaban J connectivity index is 3.53. The van der Waals surface area contributed by atoms with Crippen molar-refractivity contribution in [3.05, 3.63) is 26.1 Å². The van der Waals surface area contributed by atoms with Crippen molar-refractivity contribution < 1.29 is 9.85 Å². The van der Waals surface area contributed by atoms with Gasteiger partial charge in [0.05, 0.1) is 0 Å². The maximum absolute atomic E-state index is 9.75. The van der Waals surface area contributed by atoms with Gasteiger partial charge in [-0.2, -0.15) is 0 Å². The third-order valence-corrected chi connectivity index (χ3v) is 0.798. The minimum Gasteiger partial charge on any atom is -0.265 e. The van der Waals surface area contributed by atoms with E-state index in [1.54, 1.807) is 0 Å². The highest BCUT2D eigenvalue weighted by Gasteiger charge is 2.15. The van der Waals surface area contributed by atoms with E-state index in [1.807, 2.05) is 0 Å². The van der Waals surface area contributed by atoms with Crippen molar-refractivity contribution in [2.24, 2.45) is 0 Å². The van der Waals surface area contributed by atoms with E-state index < -0.39 is 22.9 Å². The van der Waals surface area contributed by atoms with Gasteiger partial charge < -0.3 is 0 Å². The Morgan fingerprint density at radius 3 is 1.70 bits per heavy atom. The molecule has 0 unspecified atom stereocenters. The molecule has 0 fully saturated rings. The minimum absolute atomic E-state index is 0.259. The molecule has 0 rings (SSSR count). The van der Waals surface area contributed by atoms with Crippen LogP contribution in [-0.2, 0) is 0 Å². The third-order valence-electron chi connectivity index (χ3n) is 0.798. The smallest absolute Gasteiger partial charge is 0.216 e. The molecule has 0 aliphatic rings. The molecule has 0 spiro atoms. The Morgan fingerprint density at radius 1 is 1.20 bits per heavy atom. The van der Waals surface area contributed by atoms with Crippen LogP contribution in [0.2, 0.25) is 0 Å². The summed E-state index contributed by atoms with van der Waals surface area (Å²) in [5.74, 6) is 0.259. The van der Waals surface area contributed by atoms with Gasteiger partial charge in [0.25, 0.3) is 0 Å². The van der Waals surface area contributed by atoms with Gasteiger partial charge in [0.2, 0.25) is 13.1 Å². The fraction of sp³-hybridized carbons (Fsp3) is 0.750. The average Bonchev–Trinajstić information content (AvgIpc) is 1.58. The van der Waals surface area contributed by atoms with E-state index in [0.717, 1.165) is 0 Å². The predicted molar refractivity (Wildman–Crippen MR) is 32.6 cm³/mol. The first-order valence-electron chi connectivity index (χ1n) is 2.57. The van der Waals surface area contributed by atoms with Crippen molar-refractivity contribution in [1.29, 1.82) is 0 Å². The van der Waals surface area contributed by atoms with Gasteiger partial charge in [-0.25, -0.2) is 0 Å². The number of nitrogens with zero attached hydrogens (tertiary/aromatic N) is 2. The van der Waals surface area contributed by atoms with Gasteiger partial charge in [-0.3, -0.25) is 20.2 Å². The first-order valence-corrected chi connectivity index (χ1v) is 2.57. The highest BCUT2D eigenvalue weighted by Crippen LogP contribution is 1.96. The largest absolute Gasteiger partial charge is 0.265 e. The molecule has 0 aromatic heterocycles. The van der Waals surface area contributed by atoms with Crippen molar-refractivity contribution in [3.63, 3.8) is 0 Å². The molecule has 0 aliphatic carbocycles. The molecule has 0 aromatic carbocycles. The van der Waals surface area contributed by atoms with E-state index in [4.69, 9.17) is 0 Å². The van der Waals surface area contributed by atoms with E-state index >= 15 is 0 Å². The lowest BCUT2D eigenvalue weighted by molar-refractivity contribution is -0.501. The van der Waals surface area contributed by atoms with Gasteiger partial charge in [-0.1, -0.05) is 0 Å². The van der Waals surface area contributed by atoms with Gasteiger partial charge in [0.1, 0.15) is 5.92 Å². The fourth-order valence-corrected chi connectivity index (χ4v) is 0.491. The first kappa shape index (κ1) is 8.80. The lowest BCUT2D eigenvalue weighted by atomic mass is 10.2. The SMILES string of the molecule is C[C](C[N+](=O)[O-])C[N+](=O)[O-]. The van der Waals surface area contributed by atoms with Gasteiger partial charge in [-0.05, 0) is 6.92 Å². The molecule has 1 radical (unpaired) electrons. The Kier molecular flexibility index (Phi) is 3.30. The molecular weight excluding hydrogens is 140 g/mol. The summed E-state index contributed by atoms with van der Waals surface area (Å²) in [6, 6.07) is 0. The van der Waals surface area contributed by atoms with Crippen molar-refractivity contribution in [3.8, 4) is 0 Å². The van der Waals surface area contributed by atoms with Crippen LogP contribution in [0.15, 0.2) is 0 Å². The van der Waals surface area contributed by atoms with E-state index in [0.29, 0.717) is 0 Å². The van der Waals surface area contributed by atoms with Crippen LogP contribution in [0.3, 0.4) is 0 Å². The molecule has 0 saturated heterocycles. The zero-order valence-corrected chi connectivity index (χ0v) is 5.44. The molecule has 0 amide bonds. The van der Waals surface area contributed by atoms with E-state index in [2.05, 4.69) is 0 Å².